The molecule has 0 aliphatic carbocycles. The van der Waals surface area contributed by atoms with Gasteiger partial charge in [0.25, 0.3) is 0 Å². The van der Waals surface area contributed by atoms with E-state index in [1.807, 2.05) is 24.3 Å². The van der Waals surface area contributed by atoms with Crippen molar-refractivity contribution < 1.29 is 14.3 Å². The summed E-state index contributed by atoms with van der Waals surface area (Å²) in [6, 6.07) is 6.52. The summed E-state index contributed by atoms with van der Waals surface area (Å²) in [6.07, 6.45) is 8.09. The van der Waals surface area contributed by atoms with E-state index >= 15 is 0 Å². The van der Waals surface area contributed by atoms with E-state index in [4.69, 9.17) is 9.47 Å². The van der Waals surface area contributed by atoms with E-state index in [1.165, 1.54) is 25.9 Å². The third kappa shape index (κ3) is 5.49. The summed E-state index contributed by atoms with van der Waals surface area (Å²) in [5.74, 6) is 1.30. The molecule has 0 radical (unpaired) electrons. The lowest BCUT2D eigenvalue weighted by molar-refractivity contribution is -0.117. The lowest BCUT2D eigenvalue weighted by Crippen LogP contribution is -2.53. The second kappa shape index (κ2) is 9.94. The Morgan fingerprint density at radius 1 is 1.11 bits per heavy atom. The summed E-state index contributed by atoms with van der Waals surface area (Å²) >= 11 is 0. The fraction of sp³-hybridized carbons (Fsp3) is 0.591. The molecule has 2 heterocycles. The lowest BCUT2D eigenvalue weighted by atomic mass is 9.98. The number of methoxy groups -OCH3 is 2. The number of carbonyl (C=O) groups excluding carboxylic acids is 1. The Hall–Kier alpha value is -2.05. The highest BCUT2D eigenvalue weighted by Gasteiger charge is 2.28. The Morgan fingerprint density at radius 2 is 1.86 bits per heavy atom. The molecule has 0 aromatic heterocycles. The predicted molar refractivity (Wildman–Crippen MR) is 112 cm³/mol. The minimum atomic E-state index is -0.0370. The lowest BCUT2D eigenvalue weighted by Gasteiger charge is -2.41. The smallest absolute Gasteiger partial charge is 0.244 e. The number of piperidine rings is 2. The van der Waals surface area contributed by atoms with Crippen molar-refractivity contribution in [2.75, 3.05) is 47.4 Å². The number of likely N-dealkylation sites (tertiary alicyclic amines) is 2. The predicted octanol–water partition coefficient (Wildman–Crippen LogP) is 2.39. The standard InChI is InChI=1S/C22H33N3O3/c1-24-13-10-19(11-14-24)25-12-4-5-18(16-25)23-22(26)9-7-17-6-8-20(27-2)21(15-17)28-3/h6-9,15,18-19H,4-5,10-14,16H2,1-3H3,(H,23,26)/b9-7+/t18-/m0/s1. The van der Waals surface area contributed by atoms with Crippen molar-refractivity contribution in [2.24, 2.45) is 0 Å². The van der Waals surface area contributed by atoms with Crippen molar-refractivity contribution in [3.05, 3.63) is 29.8 Å². The van der Waals surface area contributed by atoms with Gasteiger partial charge in [0.05, 0.1) is 14.2 Å². The van der Waals surface area contributed by atoms with Crippen LogP contribution in [-0.2, 0) is 4.79 Å². The summed E-state index contributed by atoms with van der Waals surface area (Å²) < 4.78 is 10.6. The zero-order valence-electron chi connectivity index (χ0n) is 17.3. The first kappa shape index (κ1) is 20.7. The van der Waals surface area contributed by atoms with Gasteiger partial charge < -0.3 is 19.7 Å². The number of hydrogen-bond donors (Lipinski definition) is 1. The van der Waals surface area contributed by atoms with Crippen molar-refractivity contribution >= 4 is 12.0 Å². The van der Waals surface area contributed by atoms with Crippen LogP contribution in [0.1, 0.15) is 31.2 Å². The molecule has 1 amide bonds. The number of hydrogen-bond acceptors (Lipinski definition) is 5. The summed E-state index contributed by atoms with van der Waals surface area (Å²) in [7, 11) is 5.41. The molecule has 3 rings (SSSR count). The molecule has 2 saturated heterocycles. The summed E-state index contributed by atoms with van der Waals surface area (Å²) in [4.78, 5) is 17.4. The normalized spacial score (nSPS) is 22.3. The molecule has 1 N–H and O–H groups in total. The number of rotatable bonds is 6. The molecule has 0 bridgehead atoms. The highest BCUT2D eigenvalue weighted by Crippen LogP contribution is 2.28. The molecule has 2 fully saturated rings. The zero-order valence-corrected chi connectivity index (χ0v) is 17.3. The van der Waals surface area contributed by atoms with E-state index in [-0.39, 0.29) is 11.9 Å². The molecule has 1 aromatic rings. The highest BCUT2D eigenvalue weighted by molar-refractivity contribution is 5.92. The van der Waals surface area contributed by atoms with Crippen LogP contribution in [0.4, 0.5) is 0 Å². The van der Waals surface area contributed by atoms with Crippen LogP contribution in [0, 0.1) is 0 Å². The Morgan fingerprint density at radius 3 is 2.57 bits per heavy atom. The van der Waals surface area contributed by atoms with Crippen LogP contribution in [-0.4, -0.2) is 75.2 Å². The average molecular weight is 388 g/mol. The number of nitrogens with one attached hydrogen (secondary N) is 1. The van der Waals surface area contributed by atoms with Crippen LogP contribution in [0.3, 0.4) is 0 Å². The van der Waals surface area contributed by atoms with E-state index in [1.54, 1.807) is 20.3 Å². The fourth-order valence-electron chi connectivity index (χ4n) is 4.19. The molecule has 6 heteroatoms. The molecule has 28 heavy (non-hydrogen) atoms. The monoisotopic (exact) mass is 387 g/mol. The van der Waals surface area contributed by atoms with Crippen LogP contribution >= 0.6 is 0 Å². The van der Waals surface area contributed by atoms with Gasteiger partial charge in [-0.05, 0) is 76.1 Å². The number of amides is 1. The molecule has 6 nitrogen and oxygen atoms in total. The first-order chi connectivity index (χ1) is 13.6. The number of carbonyl (C=O) groups is 1. The van der Waals surface area contributed by atoms with Crippen molar-refractivity contribution in [1.29, 1.82) is 0 Å². The van der Waals surface area contributed by atoms with Gasteiger partial charge in [-0.25, -0.2) is 0 Å². The Balaban J connectivity index is 1.52. The summed E-state index contributed by atoms with van der Waals surface area (Å²) in [6.45, 7) is 4.46. The van der Waals surface area contributed by atoms with Gasteiger partial charge >= 0.3 is 0 Å². The quantitative estimate of drug-likeness (QED) is 0.760. The molecule has 2 aliphatic rings. The topological polar surface area (TPSA) is 54.0 Å². The molecule has 1 atom stereocenters. The molecule has 0 unspecified atom stereocenters. The van der Waals surface area contributed by atoms with Gasteiger partial charge in [0.2, 0.25) is 5.91 Å². The van der Waals surface area contributed by atoms with Crippen molar-refractivity contribution in [2.45, 2.75) is 37.8 Å². The Labute approximate surface area is 168 Å². The maximum atomic E-state index is 12.4. The van der Waals surface area contributed by atoms with Crippen LogP contribution in [0.2, 0.25) is 0 Å². The second-order valence-corrected chi connectivity index (χ2v) is 7.82. The Bertz CT molecular complexity index is 684. The summed E-state index contributed by atoms with van der Waals surface area (Å²) in [5.41, 5.74) is 0.907. The molecule has 0 spiro atoms. The molecule has 0 saturated carbocycles. The van der Waals surface area contributed by atoms with Gasteiger partial charge in [-0.2, -0.15) is 0 Å². The SMILES string of the molecule is COc1ccc(/C=C/C(=O)N[C@H]2CCCN(C3CCN(C)CC3)C2)cc1OC. The Kier molecular flexibility index (Phi) is 7.34. The average Bonchev–Trinajstić information content (AvgIpc) is 2.72. The van der Waals surface area contributed by atoms with E-state index in [2.05, 4.69) is 22.2 Å². The minimum Gasteiger partial charge on any atom is -0.493 e. The number of nitrogens with zero attached hydrogens (tertiary/aromatic N) is 2. The van der Waals surface area contributed by atoms with E-state index in [0.29, 0.717) is 17.5 Å². The van der Waals surface area contributed by atoms with Gasteiger partial charge in [0, 0.05) is 24.7 Å². The molecule has 1 aromatic carbocycles. The van der Waals surface area contributed by atoms with Crippen molar-refractivity contribution in [3.63, 3.8) is 0 Å². The minimum absolute atomic E-state index is 0.0370. The first-order valence-electron chi connectivity index (χ1n) is 10.2. The van der Waals surface area contributed by atoms with Crippen molar-refractivity contribution in [3.8, 4) is 11.5 Å². The number of benzene rings is 1. The maximum Gasteiger partial charge on any atom is 0.244 e. The molecular weight excluding hydrogens is 354 g/mol. The largest absolute Gasteiger partial charge is 0.493 e. The third-order valence-electron chi connectivity index (χ3n) is 5.84. The molecule has 154 valence electrons. The van der Waals surface area contributed by atoms with Gasteiger partial charge in [-0.15, -0.1) is 0 Å². The van der Waals surface area contributed by atoms with Gasteiger partial charge in [0.15, 0.2) is 11.5 Å². The summed E-state index contributed by atoms with van der Waals surface area (Å²) in [5, 5.41) is 3.18. The molecular formula is C22H33N3O3. The van der Waals surface area contributed by atoms with Crippen LogP contribution in [0.25, 0.3) is 6.08 Å². The fourth-order valence-corrected chi connectivity index (χ4v) is 4.19. The zero-order chi connectivity index (χ0) is 19.9. The maximum absolute atomic E-state index is 12.4. The molecule has 2 aliphatic heterocycles. The first-order valence-corrected chi connectivity index (χ1v) is 10.2. The van der Waals surface area contributed by atoms with E-state index in [9.17, 15) is 4.79 Å². The number of ether oxygens (including phenoxy) is 2. The van der Waals surface area contributed by atoms with E-state index < -0.39 is 0 Å². The van der Waals surface area contributed by atoms with Crippen LogP contribution < -0.4 is 14.8 Å². The highest BCUT2D eigenvalue weighted by atomic mass is 16.5. The third-order valence-corrected chi connectivity index (χ3v) is 5.84. The second-order valence-electron chi connectivity index (χ2n) is 7.82. The van der Waals surface area contributed by atoms with Gasteiger partial charge in [-0.3, -0.25) is 9.69 Å². The van der Waals surface area contributed by atoms with Crippen LogP contribution in [0.5, 0.6) is 11.5 Å². The van der Waals surface area contributed by atoms with Crippen molar-refractivity contribution in [1.82, 2.24) is 15.1 Å². The van der Waals surface area contributed by atoms with E-state index in [0.717, 1.165) is 31.5 Å². The van der Waals surface area contributed by atoms with Gasteiger partial charge in [-0.1, -0.05) is 6.07 Å². The van der Waals surface area contributed by atoms with Gasteiger partial charge in [0.1, 0.15) is 0 Å². The van der Waals surface area contributed by atoms with Crippen LogP contribution in [0.15, 0.2) is 24.3 Å².